The van der Waals surface area contributed by atoms with Gasteiger partial charge in [0, 0.05) is 6.54 Å². The Morgan fingerprint density at radius 3 is 2.58 bits per heavy atom. The molecule has 72 valence electrons. The molecule has 0 radical (unpaired) electrons. The molecule has 0 aliphatic carbocycles. The summed E-state index contributed by atoms with van der Waals surface area (Å²) in [7, 11) is -3.84. The Hall–Kier alpha value is -0.620. The minimum absolute atomic E-state index is 0.0186. The van der Waals surface area contributed by atoms with E-state index in [0.29, 0.717) is 13.0 Å². The molecule has 0 rings (SSSR count). The van der Waals surface area contributed by atoms with Crippen LogP contribution in [0.1, 0.15) is 6.42 Å². The van der Waals surface area contributed by atoms with E-state index < -0.39 is 7.75 Å². The van der Waals surface area contributed by atoms with Crippen molar-refractivity contribution in [3.05, 3.63) is 0 Å². The van der Waals surface area contributed by atoms with Crippen LogP contribution in [0.2, 0.25) is 0 Å². The molecule has 0 amide bonds. The third-order valence-corrected chi connectivity index (χ3v) is 1.43. The van der Waals surface area contributed by atoms with Crippen LogP contribution in [0.25, 0.3) is 0 Å². The Labute approximate surface area is 70.2 Å². The standard InChI is InChI=1S/C4H13N4O3P/c5-4(6)8-2-1-3-11-12(7,9)10/h1-3H2,(H4,5,6,8)(H3,7,9,10). The van der Waals surface area contributed by atoms with Gasteiger partial charge in [-0.2, -0.15) is 0 Å². The van der Waals surface area contributed by atoms with Crippen LogP contribution in [0, 0.1) is 0 Å². The molecule has 0 aliphatic rings. The molecule has 0 saturated heterocycles. The summed E-state index contributed by atoms with van der Waals surface area (Å²) in [6.45, 7) is 0.406. The average Bonchev–Trinajstić information content (AvgIpc) is 1.83. The quantitative estimate of drug-likeness (QED) is 0.187. The molecule has 1 unspecified atom stereocenters. The molecule has 0 aromatic carbocycles. The monoisotopic (exact) mass is 196 g/mol. The van der Waals surface area contributed by atoms with Crippen LogP contribution < -0.4 is 17.0 Å². The first-order chi connectivity index (χ1) is 5.42. The zero-order chi connectivity index (χ0) is 9.61. The molecular formula is C4H13N4O3P. The topological polar surface area (TPSA) is 137 Å². The van der Waals surface area contributed by atoms with Crippen molar-refractivity contribution in [2.75, 3.05) is 13.2 Å². The van der Waals surface area contributed by atoms with E-state index in [-0.39, 0.29) is 12.6 Å². The van der Waals surface area contributed by atoms with Gasteiger partial charge in [0.15, 0.2) is 5.96 Å². The normalized spacial score (nSPS) is 15.2. The number of nitrogens with two attached hydrogens (primary N) is 3. The van der Waals surface area contributed by atoms with Crippen LogP contribution in [-0.2, 0) is 9.09 Å². The van der Waals surface area contributed by atoms with Gasteiger partial charge >= 0.3 is 7.75 Å². The lowest BCUT2D eigenvalue weighted by Crippen LogP contribution is -2.23. The van der Waals surface area contributed by atoms with E-state index in [0.717, 1.165) is 0 Å². The maximum absolute atomic E-state index is 10.3. The summed E-state index contributed by atoms with van der Waals surface area (Å²) in [5.41, 5.74) is 14.7. The Bertz CT molecular complexity index is 196. The van der Waals surface area contributed by atoms with Crippen LogP contribution in [0.3, 0.4) is 0 Å². The van der Waals surface area contributed by atoms with Gasteiger partial charge in [0.2, 0.25) is 0 Å². The molecule has 0 spiro atoms. The van der Waals surface area contributed by atoms with Crippen LogP contribution >= 0.6 is 7.75 Å². The predicted octanol–water partition coefficient (Wildman–Crippen LogP) is -1.27. The molecule has 1 atom stereocenters. The fraction of sp³-hybridized carbons (Fsp3) is 0.750. The highest BCUT2D eigenvalue weighted by Gasteiger charge is 2.09. The summed E-state index contributed by atoms with van der Waals surface area (Å²) < 4.78 is 14.7. The van der Waals surface area contributed by atoms with Gasteiger partial charge < -0.3 is 16.4 Å². The second-order valence-electron chi connectivity index (χ2n) is 2.06. The van der Waals surface area contributed by atoms with E-state index >= 15 is 0 Å². The number of aliphatic imine (C=N–C) groups is 1. The van der Waals surface area contributed by atoms with Crippen LogP contribution in [0.15, 0.2) is 4.99 Å². The molecule has 0 fully saturated rings. The summed E-state index contributed by atoms with van der Waals surface area (Å²) in [6, 6.07) is 0. The first-order valence-corrected chi connectivity index (χ1v) is 4.88. The van der Waals surface area contributed by atoms with Crippen molar-refractivity contribution in [1.29, 1.82) is 0 Å². The summed E-state index contributed by atoms with van der Waals surface area (Å²) >= 11 is 0. The van der Waals surface area contributed by atoms with Gasteiger partial charge in [0.25, 0.3) is 0 Å². The number of nitrogens with zero attached hydrogens (tertiary/aromatic N) is 1. The first kappa shape index (κ1) is 11.4. The number of rotatable bonds is 5. The summed E-state index contributed by atoms with van der Waals surface area (Å²) in [4.78, 5) is 12.1. The molecule has 12 heavy (non-hydrogen) atoms. The van der Waals surface area contributed by atoms with Crippen molar-refractivity contribution < 1.29 is 14.0 Å². The van der Waals surface area contributed by atoms with Crippen molar-refractivity contribution in [1.82, 2.24) is 0 Å². The van der Waals surface area contributed by atoms with Crippen molar-refractivity contribution in [3.8, 4) is 0 Å². The van der Waals surface area contributed by atoms with Crippen LogP contribution in [0.5, 0.6) is 0 Å². The fourth-order valence-corrected chi connectivity index (χ4v) is 0.859. The zero-order valence-electron chi connectivity index (χ0n) is 6.51. The minimum atomic E-state index is -3.84. The Balaban J connectivity index is 3.35. The van der Waals surface area contributed by atoms with Gasteiger partial charge in [0.1, 0.15) is 0 Å². The van der Waals surface area contributed by atoms with Gasteiger partial charge in [-0.3, -0.25) is 9.52 Å². The van der Waals surface area contributed by atoms with E-state index in [1.807, 2.05) is 0 Å². The van der Waals surface area contributed by atoms with Crippen LogP contribution in [-0.4, -0.2) is 24.0 Å². The number of hydrogen-bond donors (Lipinski definition) is 4. The maximum Gasteiger partial charge on any atom is 0.400 e. The highest BCUT2D eigenvalue weighted by Crippen LogP contribution is 2.30. The lowest BCUT2D eigenvalue weighted by molar-refractivity contribution is 0.258. The lowest BCUT2D eigenvalue weighted by atomic mass is 10.5. The largest absolute Gasteiger partial charge is 0.400 e. The van der Waals surface area contributed by atoms with E-state index in [1.165, 1.54) is 0 Å². The zero-order valence-corrected chi connectivity index (χ0v) is 7.41. The molecule has 0 aliphatic heterocycles. The summed E-state index contributed by atoms with van der Waals surface area (Å²) in [6.07, 6.45) is 0.444. The second kappa shape index (κ2) is 5.10. The van der Waals surface area contributed by atoms with E-state index in [2.05, 4.69) is 15.0 Å². The summed E-state index contributed by atoms with van der Waals surface area (Å²) in [5.74, 6) is -0.0186. The molecular weight excluding hydrogens is 183 g/mol. The van der Waals surface area contributed by atoms with E-state index in [4.69, 9.17) is 16.4 Å². The SMILES string of the molecule is NC(N)=NCCCOP(N)(=O)O. The van der Waals surface area contributed by atoms with Gasteiger partial charge in [-0.25, -0.2) is 10.1 Å². The second-order valence-corrected chi connectivity index (χ2v) is 3.44. The molecule has 0 saturated carbocycles. The predicted molar refractivity (Wildman–Crippen MR) is 45.3 cm³/mol. The first-order valence-electron chi connectivity index (χ1n) is 3.23. The molecule has 7 nitrogen and oxygen atoms in total. The van der Waals surface area contributed by atoms with E-state index in [9.17, 15) is 4.57 Å². The molecule has 0 aromatic heterocycles. The maximum atomic E-state index is 10.3. The molecule has 8 heteroatoms. The number of guanidine groups is 1. The third kappa shape index (κ3) is 9.38. The van der Waals surface area contributed by atoms with E-state index in [1.54, 1.807) is 0 Å². The van der Waals surface area contributed by atoms with Gasteiger partial charge in [-0.05, 0) is 6.42 Å². The summed E-state index contributed by atoms with van der Waals surface area (Å²) in [5, 5.41) is 0. The Kier molecular flexibility index (Phi) is 4.84. The lowest BCUT2D eigenvalue weighted by Gasteiger charge is -2.04. The van der Waals surface area contributed by atoms with Crippen molar-refractivity contribution >= 4 is 13.7 Å². The van der Waals surface area contributed by atoms with Crippen molar-refractivity contribution in [2.24, 2.45) is 22.0 Å². The number of hydrogen-bond acceptors (Lipinski definition) is 3. The Morgan fingerprint density at radius 1 is 1.58 bits per heavy atom. The fourth-order valence-electron chi connectivity index (χ4n) is 0.468. The third-order valence-electron chi connectivity index (χ3n) is 0.873. The van der Waals surface area contributed by atoms with Gasteiger partial charge in [0.05, 0.1) is 6.61 Å². The smallest absolute Gasteiger partial charge is 0.370 e. The highest BCUT2D eigenvalue weighted by atomic mass is 31.2. The molecule has 0 aromatic rings. The average molecular weight is 196 g/mol. The Morgan fingerprint density at radius 2 is 2.17 bits per heavy atom. The minimum Gasteiger partial charge on any atom is -0.370 e. The van der Waals surface area contributed by atoms with Crippen molar-refractivity contribution in [2.45, 2.75) is 6.42 Å². The van der Waals surface area contributed by atoms with Crippen molar-refractivity contribution in [3.63, 3.8) is 0 Å². The highest BCUT2D eigenvalue weighted by molar-refractivity contribution is 7.50. The van der Waals surface area contributed by atoms with Gasteiger partial charge in [-0.15, -0.1) is 0 Å². The van der Waals surface area contributed by atoms with Crippen LogP contribution in [0.4, 0.5) is 0 Å². The molecule has 7 N–H and O–H groups in total. The van der Waals surface area contributed by atoms with Gasteiger partial charge in [-0.1, -0.05) is 0 Å². The molecule has 0 bridgehead atoms. The molecule has 0 heterocycles.